The van der Waals surface area contributed by atoms with Crippen LogP contribution in [0.2, 0.25) is 0 Å². The summed E-state index contributed by atoms with van der Waals surface area (Å²) in [7, 11) is 3.18. The number of ether oxygens (including phenoxy) is 2. The molecule has 0 saturated heterocycles. The lowest BCUT2D eigenvalue weighted by atomic mass is 10.0. The fraction of sp³-hybridized carbons (Fsp3) is 0.125. The number of para-hydroxylation sites is 1. The van der Waals surface area contributed by atoms with Gasteiger partial charge in [0.1, 0.15) is 0 Å². The molecule has 0 saturated carbocycles. The van der Waals surface area contributed by atoms with Gasteiger partial charge in [-0.3, -0.25) is 9.78 Å². The van der Waals surface area contributed by atoms with Crippen LogP contribution in [-0.4, -0.2) is 30.1 Å². The number of pyridine rings is 2. The van der Waals surface area contributed by atoms with Gasteiger partial charge in [-0.1, -0.05) is 18.2 Å². The van der Waals surface area contributed by atoms with E-state index in [1.165, 1.54) is 0 Å². The first kappa shape index (κ1) is 19.4. The smallest absolute Gasteiger partial charge is 0.252 e. The molecule has 0 spiro atoms. The normalized spacial score (nSPS) is 10.6. The molecule has 30 heavy (non-hydrogen) atoms. The summed E-state index contributed by atoms with van der Waals surface area (Å²) in [5, 5.41) is 3.79. The van der Waals surface area contributed by atoms with Crippen LogP contribution in [0.25, 0.3) is 22.2 Å². The van der Waals surface area contributed by atoms with E-state index < -0.39 is 0 Å². The van der Waals surface area contributed by atoms with Crippen molar-refractivity contribution in [1.29, 1.82) is 0 Å². The number of amides is 1. The lowest BCUT2D eigenvalue weighted by molar-refractivity contribution is 0.0952. The zero-order chi connectivity index (χ0) is 20.9. The highest BCUT2D eigenvalue weighted by Crippen LogP contribution is 2.33. The molecule has 2 aromatic heterocycles. The van der Waals surface area contributed by atoms with E-state index in [4.69, 9.17) is 14.5 Å². The molecular weight excluding hydrogens is 378 g/mol. The molecule has 2 heterocycles. The Hall–Kier alpha value is -3.93. The predicted octanol–water partition coefficient (Wildman–Crippen LogP) is 4.24. The van der Waals surface area contributed by atoms with E-state index in [1.54, 1.807) is 26.6 Å². The van der Waals surface area contributed by atoms with Crippen LogP contribution in [0.4, 0.5) is 0 Å². The number of carbonyl (C=O) groups is 1. The standard InChI is InChI=1S/C24H21N3O3/c1-29-22-8-7-17(13-23(22)30-2)21-14-19(18-5-3-4-6-20(18)27-21)24(28)26-15-16-9-11-25-12-10-16/h3-14H,15H2,1-2H3,(H,26,28). The summed E-state index contributed by atoms with van der Waals surface area (Å²) in [5.41, 5.74) is 3.82. The molecule has 0 fully saturated rings. The zero-order valence-corrected chi connectivity index (χ0v) is 16.8. The van der Waals surface area contributed by atoms with Gasteiger partial charge in [-0.2, -0.15) is 0 Å². The molecule has 1 amide bonds. The number of methoxy groups -OCH3 is 2. The Morgan fingerprint density at radius 1 is 0.933 bits per heavy atom. The van der Waals surface area contributed by atoms with Crippen molar-refractivity contribution in [3.63, 3.8) is 0 Å². The van der Waals surface area contributed by atoms with Crippen molar-refractivity contribution in [1.82, 2.24) is 15.3 Å². The summed E-state index contributed by atoms with van der Waals surface area (Å²) in [6.45, 7) is 0.420. The number of nitrogens with zero attached hydrogens (tertiary/aromatic N) is 2. The molecule has 0 atom stereocenters. The number of hydrogen-bond donors (Lipinski definition) is 1. The number of carbonyl (C=O) groups excluding carboxylic acids is 1. The molecule has 0 aliphatic rings. The van der Waals surface area contributed by atoms with E-state index in [-0.39, 0.29) is 5.91 Å². The fourth-order valence-corrected chi connectivity index (χ4v) is 3.28. The number of nitrogens with one attached hydrogen (secondary N) is 1. The molecule has 0 bridgehead atoms. The number of benzene rings is 2. The van der Waals surface area contributed by atoms with Crippen molar-refractivity contribution in [2.24, 2.45) is 0 Å². The van der Waals surface area contributed by atoms with Crippen LogP contribution in [0.15, 0.2) is 73.1 Å². The van der Waals surface area contributed by atoms with Gasteiger partial charge in [0, 0.05) is 29.9 Å². The molecule has 0 aliphatic heterocycles. The summed E-state index contributed by atoms with van der Waals surface area (Å²) < 4.78 is 10.7. The maximum Gasteiger partial charge on any atom is 0.252 e. The third kappa shape index (κ3) is 3.93. The molecule has 150 valence electrons. The van der Waals surface area contributed by atoms with Crippen molar-refractivity contribution in [2.45, 2.75) is 6.54 Å². The van der Waals surface area contributed by atoms with Crippen molar-refractivity contribution in [2.75, 3.05) is 14.2 Å². The summed E-state index contributed by atoms with van der Waals surface area (Å²) in [4.78, 5) is 21.8. The Morgan fingerprint density at radius 3 is 2.47 bits per heavy atom. The first-order valence-electron chi connectivity index (χ1n) is 9.49. The summed E-state index contributed by atoms with van der Waals surface area (Å²) in [6.07, 6.45) is 3.41. The topological polar surface area (TPSA) is 73.3 Å². The van der Waals surface area contributed by atoms with Crippen LogP contribution in [0.3, 0.4) is 0 Å². The molecule has 1 N–H and O–H groups in total. The highest BCUT2D eigenvalue weighted by molar-refractivity contribution is 6.07. The lowest BCUT2D eigenvalue weighted by Gasteiger charge is -2.12. The van der Waals surface area contributed by atoms with Crippen molar-refractivity contribution >= 4 is 16.8 Å². The van der Waals surface area contributed by atoms with Crippen molar-refractivity contribution in [3.05, 3.63) is 84.2 Å². The Morgan fingerprint density at radius 2 is 1.70 bits per heavy atom. The van der Waals surface area contributed by atoms with Gasteiger partial charge in [-0.05, 0) is 48.0 Å². The maximum atomic E-state index is 13.0. The second-order valence-electron chi connectivity index (χ2n) is 6.68. The number of aromatic nitrogens is 2. The van der Waals surface area contributed by atoms with E-state index in [0.29, 0.717) is 29.3 Å². The van der Waals surface area contributed by atoms with Crippen molar-refractivity contribution < 1.29 is 14.3 Å². The Balaban J connectivity index is 1.73. The average Bonchev–Trinajstić information content (AvgIpc) is 2.82. The highest BCUT2D eigenvalue weighted by atomic mass is 16.5. The van der Waals surface area contributed by atoms with E-state index in [0.717, 1.165) is 22.0 Å². The largest absolute Gasteiger partial charge is 0.493 e. The second kappa shape index (κ2) is 8.61. The zero-order valence-electron chi connectivity index (χ0n) is 16.8. The molecule has 6 heteroatoms. The Bertz CT molecular complexity index is 1190. The third-order valence-corrected chi connectivity index (χ3v) is 4.84. The van der Waals surface area contributed by atoms with Crippen molar-refractivity contribution in [3.8, 4) is 22.8 Å². The van der Waals surface area contributed by atoms with Crippen LogP contribution in [0, 0.1) is 0 Å². The predicted molar refractivity (Wildman–Crippen MR) is 116 cm³/mol. The molecular formula is C24H21N3O3. The van der Waals surface area contributed by atoms with Gasteiger partial charge in [0.25, 0.3) is 5.91 Å². The number of rotatable bonds is 6. The van der Waals surface area contributed by atoms with Crippen LogP contribution in [-0.2, 0) is 6.54 Å². The van der Waals surface area contributed by atoms with Gasteiger partial charge in [0.15, 0.2) is 11.5 Å². The first-order valence-corrected chi connectivity index (χ1v) is 9.49. The fourth-order valence-electron chi connectivity index (χ4n) is 3.28. The Kier molecular flexibility index (Phi) is 5.57. The van der Waals surface area contributed by atoms with E-state index in [9.17, 15) is 4.79 Å². The van der Waals surface area contributed by atoms with Gasteiger partial charge in [-0.15, -0.1) is 0 Å². The molecule has 4 aromatic rings. The lowest BCUT2D eigenvalue weighted by Crippen LogP contribution is -2.23. The van der Waals surface area contributed by atoms with Gasteiger partial charge < -0.3 is 14.8 Å². The maximum absolute atomic E-state index is 13.0. The number of fused-ring (bicyclic) bond motifs is 1. The van der Waals surface area contributed by atoms with Gasteiger partial charge in [0.05, 0.1) is 31.0 Å². The number of hydrogen-bond acceptors (Lipinski definition) is 5. The minimum absolute atomic E-state index is 0.160. The highest BCUT2D eigenvalue weighted by Gasteiger charge is 2.15. The SMILES string of the molecule is COc1ccc(-c2cc(C(=O)NCc3ccncc3)c3ccccc3n2)cc1OC. The molecule has 4 rings (SSSR count). The molecule has 6 nitrogen and oxygen atoms in total. The monoisotopic (exact) mass is 399 g/mol. The molecule has 2 aromatic carbocycles. The first-order chi connectivity index (χ1) is 14.7. The van der Waals surface area contributed by atoms with Gasteiger partial charge >= 0.3 is 0 Å². The molecule has 0 unspecified atom stereocenters. The van der Waals surface area contributed by atoms with Crippen LogP contribution in [0.5, 0.6) is 11.5 Å². The van der Waals surface area contributed by atoms with Gasteiger partial charge in [0.2, 0.25) is 0 Å². The van der Waals surface area contributed by atoms with E-state index in [2.05, 4.69) is 10.3 Å². The minimum atomic E-state index is -0.160. The minimum Gasteiger partial charge on any atom is -0.493 e. The third-order valence-electron chi connectivity index (χ3n) is 4.84. The summed E-state index contributed by atoms with van der Waals surface area (Å²) >= 11 is 0. The average molecular weight is 399 g/mol. The van der Waals surface area contributed by atoms with E-state index >= 15 is 0 Å². The quantitative estimate of drug-likeness (QED) is 0.525. The van der Waals surface area contributed by atoms with Crippen LogP contribution in [0.1, 0.15) is 15.9 Å². The van der Waals surface area contributed by atoms with E-state index in [1.807, 2.05) is 60.7 Å². The molecule has 0 aliphatic carbocycles. The van der Waals surface area contributed by atoms with Crippen LogP contribution < -0.4 is 14.8 Å². The second-order valence-corrected chi connectivity index (χ2v) is 6.68. The Labute approximate surface area is 174 Å². The van der Waals surface area contributed by atoms with Crippen LogP contribution >= 0.6 is 0 Å². The summed E-state index contributed by atoms with van der Waals surface area (Å²) in [5.74, 6) is 1.08. The van der Waals surface area contributed by atoms with Gasteiger partial charge in [-0.25, -0.2) is 4.98 Å². The molecule has 0 radical (unpaired) electrons. The summed E-state index contributed by atoms with van der Waals surface area (Å²) in [6, 6.07) is 18.8.